The number of halogens is 1. The molecule has 1 amide bonds. The van der Waals surface area contributed by atoms with E-state index in [9.17, 15) is 9.18 Å². The van der Waals surface area contributed by atoms with E-state index in [2.05, 4.69) is 15.6 Å². The number of rotatable bonds is 6. The Balaban J connectivity index is 1.59. The van der Waals surface area contributed by atoms with Crippen molar-refractivity contribution in [2.75, 3.05) is 17.2 Å². The molecule has 5 heteroatoms. The van der Waals surface area contributed by atoms with Gasteiger partial charge >= 0.3 is 0 Å². The molecule has 2 N–H and O–H groups in total. The largest absolute Gasteiger partial charge is 0.385 e. The second-order valence-electron chi connectivity index (χ2n) is 5.52. The second-order valence-corrected chi connectivity index (χ2v) is 5.52. The van der Waals surface area contributed by atoms with Crippen molar-refractivity contribution in [1.29, 1.82) is 0 Å². The van der Waals surface area contributed by atoms with Crippen molar-refractivity contribution in [3.05, 3.63) is 90.0 Å². The molecule has 2 aromatic carbocycles. The molecule has 126 valence electrons. The zero-order valence-electron chi connectivity index (χ0n) is 13.6. The van der Waals surface area contributed by atoms with E-state index in [0.29, 0.717) is 29.9 Å². The molecule has 0 aliphatic heterocycles. The van der Waals surface area contributed by atoms with Gasteiger partial charge in [0.15, 0.2) is 0 Å². The molecule has 0 bridgehead atoms. The summed E-state index contributed by atoms with van der Waals surface area (Å²) in [7, 11) is 0. The molecule has 0 spiro atoms. The van der Waals surface area contributed by atoms with Crippen LogP contribution in [-0.2, 0) is 6.42 Å². The fourth-order valence-electron chi connectivity index (χ4n) is 2.42. The van der Waals surface area contributed by atoms with Gasteiger partial charge in [0.2, 0.25) is 0 Å². The standard InChI is InChI=1S/C20H18FN3O/c21-18-9-5-4-6-15(18)10-12-22-17-11-13-23-19(14-17)20(25)24-16-7-2-1-3-8-16/h1-9,11,13-14H,10,12H2,(H,22,23)(H,24,25). The maximum atomic E-state index is 13.6. The van der Waals surface area contributed by atoms with Crippen molar-refractivity contribution in [1.82, 2.24) is 4.98 Å². The Labute approximate surface area is 145 Å². The van der Waals surface area contributed by atoms with E-state index in [1.165, 1.54) is 6.07 Å². The van der Waals surface area contributed by atoms with Crippen LogP contribution >= 0.6 is 0 Å². The average Bonchev–Trinajstić information content (AvgIpc) is 2.64. The highest BCUT2D eigenvalue weighted by atomic mass is 19.1. The van der Waals surface area contributed by atoms with Crippen molar-refractivity contribution in [3.8, 4) is 0 Å². The fraction of sp³-hybridized carbons (Fsp3) is 0.100. The molecule has 3 rings (SSSR count). The highest BCUT2D eigenvalue weighted by Crippen LogP contribution is 2.12. The Bertz CT molecular complexity index is 852. The van der Waals surface area contributed by atoms with Crippen LogP contribution in [0.4, 0.5) is 15.8 Å². The molecule has 0 saturated heterocycles. The second kappa shape index (κ2) is 8.06. The first-order valence-corrected chi connectivity index (χ1v) is 8.02. The van der Waals surface area contributed by atoms with Gasteiger partial charge in [-0.2, -0.15) is 0 Å². The molecule has 0 unspecified atom stereocenters. The number of benzene rings is 2. The van der Waals surface area contributed by atoms with E-state index < -0.39 is 0 Å². The molecule has 1 heterocycles. The van der Waals surface area contributed by atoms with Gasteiger partial charge in [0, 0.05) is 24.1 Å². The summed E-state index contributed by atoms with van der Waals surface area (Å²) in [4.78, 5) is 16.4. The molecule has 1 aromatic heterocycles. The summed E-state index contributed by atoms with van der Waals surface area (Å²) in [5.41, 5.74) is 2.46. The van der Waals surface area contributed by atoms with Crippen LogP contribution in [0.15, 0.2) is 72.9 Å². The van der Waals surface area contributed by atoms with Gasteiger partial charge < -0.3 is 10.6 Å². The van der Waals surface area contributed by atoms with Gasteiger partial charge in [-0.1, -0.05) is 36.4 Å². The van der Waals surface area contributed by atoms with Crippen LogP contribution in [0.5, 0.6) is 0 Å². The van der Waals surface area contributed by atoms with Crippen LogP contribution in [0, 0.1) is 5.82 Å². The maximum Gasteiger partial charge on any atom is 0.274 e. The summed E-state index contributed by atoms with van der Waals surface area (Å²) in [6.45, 7) is 0.560. The number of anilines is 2. The topological polar surface area (TPSA) is 54.0 Å². The number of carbonyl (C=O) groups excluding carboxylic acids is 1. The van der Waals surface area contributed by atoms with Crippen LogP contribution < -0.4 is 10.6 Å². The number of carbonyl (C=O) groups is 1. The Morgan fingerprint density at radius 3 is 2.52 bits per heavy atom. The molecular weight excluding hydrogens is 317 g/mol. The van der Waals surface area contributed by atoms with Crippen LogP contribution in [0.3, 0.4) is 0 Å². The molecule has 3 aromatic rings. The molecule has 0 radical (unpaired) electrons. The lowest BCUT2D eigenvalue weighted by atomic mass is 10.1. The number of nitrogens with zero attached hydrogens (tertiary/aromatic N) is 1. The highest BCUT2D eigenvalue weighted by Gasteiger charge is 2.08. The van der Waals surface area contributed by atoms with Gasteiger partial charge in [-0.3, -0.25) is 9.78 Å². The third-order valence-corrected chi connectivity index (χ3v) is 3.71. The lowest BCUT2D eigenvalue weighted by molar-refractivity contribution is 0.102. The summed E-state index contributed by atoms with van der Waals surface area (Å²) >= 11 is 0. The minimum absolute atomic E-state index is 0.207. The lowest BCUT2D eigenvalue weighted by Gasteiger charge is -2.09. The van der Waals surface area contributed by atoms with E-state index in [1.54, 1.807) is 30.5 Å². The number of aromatic nitrogens is 1. The normalized spacial score (nSPS) is 10.3. The van der Waals surface area contributed by atoms with E-state index in [1.807, 2.05) is 36.4 Å². The summed E-state index contributed by atoms with van der Waals surface area (Å²) in [5, 5.41) is 5.99. The zero-order chi connectivity index (χ0) is 17.5. The molecule has 0 aliphatic carbocycles. The third kappa shape index (κ3) is 4.64. The SMILES string of the molecule is O=C(Nc1ccccc1)c1cc(NCCc2ccccc2F)ccn1. The van der Waals surface area contributed by atoms with Crippen molar-refractivity contribution in [2.45, 2.75) is 6.42 Å². The first-order chi connectivity index (χ1) is 12.2. The molecule has 0 aliphatic rings. The quantitative estimate of drug-likeness (QED) is 0.712. The Hall–Kier alpha value is -3.21. The van der Waals surface area contributed by atoms with Crippen LogP contribution in [0.2, 0.25) is 0 Å². The van der Waals surface area contributed by atoms with Gasteiger partial charge in [0.05, 0.1) is 0 Å². The monoisotopic (exact) mass is 335 g/mol. The summed E-state index contributed by atoms with van der Waals surface area (Å²) in [5.74, 6) is -0.481. The molecule has 0 fully saturated rings. The van der Waals surface area contributed by atoms with Gasteiger partial charge in [-0.05, 0) is 42.3 Å². The van der Waals surface area contributed by atoms with E-state index in [-0.39, 0.29) is 11.7 Å². The van der Waals surface area contributed by atoms with E-state index >= 15 is 0 Å². The number of nitrogens with one attached hydrogen (secondary N) is 2. The maximum absolute atomic E-state index is 13.6. The predicted octanol–water partition coefficient (Wildman–Crippen LogP) is 4.13. The summed E-state index contributed by atoms with van der Waals surface area (Å²) in [6, 6.07) is 19.4. The minimum atomic E-state index is -0.274. The Morgan fingerprint density at radius 2 is 1.72 bits per heavy atom. The number of pyridine rings is 1. The average molecular weight is 335 g/mol. The third-order valence-electron chi connectivity index (χ3n) is 3.71. The Kier molecular flexibility index (Phi) is 5.36. The van der Waals surface area contributed by atoms with E-state index in [0.717, 1.165) is 5.69 Å². The first-order valence-electron chi connectivity index (χ1n) is 8.02. The van der Waals surface area contributed by atoms with Gasteiger partial charge in [-0.25, -0.2) is 4.39 Å². The summed E-state index contributed by atoms with van der Waals surface area (Å²) < 4.78 is 13.6. The highest BCUT2D eigenvalue weighted by molar-refractivity contribution is 6.03. The number of amides is 1. The van der Waals surface area contributed by atoms with Gasteiger partial charge in [-0.15, -0.1) is 0 Å². The minimum Gasteiger partial charge on any atom is -0.385 e. The number of para-hydroxylation sites is 1. The van der Waals surface area contributed by atoms with Crippen molar-refractivity contribution in [3.63, 3.8) is 0 Å². The molecule has 25 heavy (non-hydrogen) atoms. The first kappa shape index (κ1) is 16.6. The predicted molar refractivity (Wildman–Crippen MR) is 97.2 cm³/mol. The van der Waals surface area contributed by atoms with Crippen LogP contribution in [0.25, 0.3) is 0 Å². The van der Waals surface area contributed by atoms with Crippen molar-refractivity contribution < 1.29 is 9.18 Å². The Morgan fingerprint density at radius 1 is 0.960 bits per heavy atom. The molecule has 0 saturated carbocycles. The fourth-order valence-corrected chi connectivity index (χ4v) is 2.42. The zero-order valence-corrected chi connectivity index (χ0v) is 13.6. The van der Waals surface area contributed by atoms with Gasteiger partial charge in [0.25, 0.3) is 5.91 Å². The lowest BCUT2D eigenvalue weighted by Crippen LogP contribution is -2.14. The molecule has 0 atom stereocenters. The number of hydrogen-bond acceptors (Lipinski definition) is 3. The molecule has 4 nitrogen and oxygen atoms in total. The molecular formula is C20H18FN3O. The van der Waals surface area contributed by atoms with Crippen molar-refractivity contribution >= 4 is 17.3 Å². The number of hydrogen-bond donors (Lipinski definition) is 2. The van der Waals surface area contributed by atoms with E-state index in [4.69, 9.17) is 0 Å². The summed E-state index contributed by atoms with van der Waals surface area (Å²) in [6.07, 6.45) is 2.13. The van der Waals surface area contributed by atoms with Crippen molar-refractivity contribution in [2.24, 2.45) is 0 Å². The van der Waals surface area contributed by atoms with Crippen LogP contribution in [-0.4, -0.2) is 17.4 Å². The smallest absolute Gasteiger partial charge is 0.274 e. The van der Waals surface area contributed by atoms with Gasteiger partial charge in [0.1, 0.15) is 11.5 Å². The van der Waals surface area contributed by atoms with Crippen LogP contribution in [0.1, 0.15) is 16.1 Å².